The van der Waals surface area contributed by atoms with E-state index in [4.69, 9.17) is 0 Å². The van der Waals surface area contributed by atoms with Crippen molar-refractivity contribution in [2.45, 2.75) is 6.42 Å². The van der Waals surface area contributed by atoms with Crippen LogP contribution in [0.2, 0.25) is 0 Å². The minimum absolute atomic E-state index is 0.0468. The lowest BCUT2D eigenvalue weighted by molar-refractivity contribution is -0.116. The maximum absolute atomic E-state index is 11.6. The van der Waals surface area contributed by atoms with Gasteiger partial charge in [0.15, 0.2) is 0 Å². The summed E-state index contributed by atoms with van der Waals surface area (Å²) in [5.41, 5.74) is 1.99. The van der Waals surface area contributed by atoms with Crippen LogP contribution >= 0.6 is 7.14 Å². The van der Waals surface area contributed by atoms with Crippen LogP contribution in [0.4, 0.5) is 5.69 Å². The molecule has 1 aromatic carbocycles. The van der Waals surface area contributed by atoms with Crippen molar-refractivity contribution in [3.8, 4) is 0 Å². The number of nitrogens with one attached hydrogen (secondary N) is 1. The number of carbonyl (C=O) groups excluding carboxylic acids is 1. The van der Waals surface area contributed by atoms with Crippen LogP contribution < -0.4 is 5.32 Å². The molecule has 4 heteroatoms. The molecule has 16 heavy (non-hydrogen) atoms. The van der Waals surface area contributed by atoms with Crippen molar-refractivity contribution in [2.75, 3.05) is 31.9 Å². The number of carbonyl (C=O) groups is 1. The van der Waals surface area contributed by atoms with E-state index in [0.29, 0.717) is 6.42 Å². The summed E-state index contributed by atoms with van der Waals surface area (Å²) >= 11 is 0. The highest BCUT2D eigenvalue weighted by atomic mass is 31.2. The van der Waals surface area contributed by atoms with E-state index in [-0.39, 0.29) is 11.9 Å². The van der Waals surface area contributed by atoms with E-state index in [2.05, 4.69) is 5.32 Å². The summed E-state index contributed by atoms with van der Waals surface area (Å²) in [6.07, 6.45) is 0.566. The molecule has 0 saturated carbocycles. The van der Waals surface area contributed by atoms with Crippen LogP contribution in [0, 0.1) is 0 Å². The minimum atomic E-state index is -2.24. The molecule has 3 nitrogen and oxygen atoms in total. The monoisotopic (exact) mass is 239 g/mol. The lowest BCUT2D eigenvalue weighted by atomic mass is 10.1. The van der Waals surface area contributed by atoms with Gasteiger partial charge < -0.3 is 9.88 Å². The topological polar surface area (TPSA) is 46.2 Å². The van der Waals surface area contributed by atoms with Crippen LogP contribution in [0.3, 0.4) is 0 Å². The van der Waals surface area contributed by atoms with Crippen LogP contribution in [0.1, 0.15) is 5.56 Å². The summed E-state index contributed by atoms with van der Waals surface area (Å²) in [6.45, 7) is 3.30. The largest absolute Gasteiger partial charge is 0.388 e. The molecule has 0 radical (unpaired) electrons. The summed E-state index contributed by atoms with van der Waals surface area (Å²) < 4.78 is 11.5. The van der Waals surface area contributed by atoms with Crippen LogP contribution in [-0.2, 0) is 15.8 Å². The summed E-state index contributed by atoms with van der Waals surface area (Å²) in [4.78, 5) is 11.6. The molecule has 0 aromatic heterocycles. The van der Waals surface area contributed by atoms with Gasteiger partial charge in [0.05, 0.1) is 13.3 Å². The van der Waals surface area contributed by atoms with Gasteiger partial charge in [-0.15, -0.1) is 0 Å². The van der Waals surface area contributed by atoms with Gasteiger partial charge in [-0.1, -0.05) is 12.1 Å². The predicted molar refractivity (Wildman–Crippen MR) is 69.0 cm³/mol. The Morgan fingerprint density at radius 3 is 2.25 bits per heavy atom. The standard InChI is InChI=1S/C12H18NO2P/c1-13-11-6-4-10(5-7-11)8-12(14)9-16(2,3)15/h4-7,13H,8-9H2,1-3H3. The van der Waals surface area contributed by atoms with E-state index in [1.807, 2.05) is 31.3 Å². The quantitative estimate of drug-likeness (QED) is 0.803. The smallest absolute Gasteiger partial charge is 0.144 e. The molecule has 88 valence electrons. The molecule has 0 fully saturated rings. The van der Waals surface area contributed by atoms with E-state index in [1.165, 1.54) is 0 Å². The third kappa shape index (κ3) is 4.63. The molecule has 0 unspecified atom stereocenters. The first-order valence-corrected chi connectivity index (χ1v) is 8.02. The fourth-order valence-electron chi connectivity index (χ4n) is 1.50. The molecule has 0 heterocycles. The normalized spacial score (nSPS) is 11.2. The Labute approximate surface area is 96.6 Å². The van der Waals surface area contributed by atoms with E-state index in [9.17, 15) is 9.36 Å². The average molecular weight is 239 g/mol. The maximum Gasteiger partial charge on any atom is 0.144 e. The zero-order valence-corrected chi connectivity index (χ0v) is 10.9. The average Bonchev–Trinajstić information content (AvgIpc) is 2.16. The van der Waals surface area contributed by atoms with Gasteiger partial charge in [-0.3, -0.25) is 4.79 Å². The van der Waals surface area contributed by atoms with Crippen molar-refractivity contribution in [1.82, 2.24) is 0 Å². The van der Waals surface area contributed by atoms with Gasteiger partial charge in [0.25, 0.3) is 0 Å². The van der Waals surface area contributed by atoms with Crippen LogP contribution in [0.5, 0.6) is 0 Å². The second-order valence-electron chi connectivity index (χ2n) is 4.39. The SMILES string of the molecule is CNc1ccc(CC(=O)CP(C)(C)=O)cc1. The van der Waals surface area contributed by atoms with Gasteiger partial charge in [0.2, 0.25) is 0 Å². The Morgan fingerprint density at radius 1 is 1.25 bits per heavy atom. The Balaban J connectivity index is 2.60. The number of hydrogen-bond acceptors (Lipinski definition) is 3. The van der Waals surface area contributed by atoms with E-state index in [0.717, 1.165) is 11.3 Å². The second kappa shape index (κ2) is 5.31. The molecule has 1 rings (SSSR count). The lowest BCUT2D eigenvalue weighted by Gasteiger charge is -2.06. The molecule has 0 aliphatic heterocycles. The first-order chi connectivity index (χ1) is 7.40. The van der Waals surface area contributed by atoms with Crippen molar-refractivity contribution in [3.63, 3.8) is 0 Å². The van der Waals surface area contributed by atoms with Gasteiger partial charge in [0.1, 0.15) is 5.78 Å². The van der Waals surface area contributed by atoms with Gasteiger partial charge in [-0.05, 0) is 31.0 Å². The van der Waals surface area contributed by atoms with Crippen molar-refractivity contribution in [1.29, 1.82) is 0 Å². The number of ketones is 1. The van der Waals surface area contributed by atoms with Gasteiger partial charge in [0, 0.05) is 19.2 Å². The maximum atomic E-state index is 11.6. The molecule has 0 saturated heterocycles. The third-order valence-electron chi connectivity index (χ3n) is 2.20. The molecular formula is C12H18NO2P. The lowest BCUT2D eigenvalue weighted by Crippen LogP contribution is -2.08. The molecule has 0 amide bonds. The highest BCUT2D eigenvalue weighted by Gasteiger charge is 2.13. The Hall–Kier alpha value is -1.08. The van der Waals surface area contributed by atoms with Gasteiger partial charge >= 0.3 is 0 Å². The number of anilines is 1. The molecular weight excluding hydrogens is 221 g/mol. The van der Waals surface area contributed by atoms with Crippen LogP contribution in [0.15, 0.2) is 24.3 Å². The first kappa shape index (κ1) is 13.0. The molecule has 1 N–H and O–H groups in total. The highest BCUT2D eigenvalue weighted by Crippen LogP contribution is 2.35. The van der Waals surface area contributed by atoms with E-state index in [1.54, 1.807) is 13.3 Å². The van der Waals surface area contributed by atoms with Crippen molar-refractivity contribution in [2.24, 2.45) is 0 Å². The van der Waals surface area contributed by atoms with E-state index < -0.39 is 7.14 Å². The molecule has 0 bridgehead atoms. The van der Waals surface area contributed by atoms with Crippen molar-refractivity contribution in [3.05, 3.63) is 29.8 Å². The van der Waals surface area contributed by atoms with Gasteiger partial charge in [-0.2, -0.15) is 0 Å². The first-order valence-electron chi connectivity index (χ1n) is 5.23. The Morgan fingerprint density at radius 2 is 1.81 bits per heavy atom. The minimum Gasteiger partial charge on any atom is -0.388 e. The number of benzene rings is 1. The Kier molecular flexibility index (Phi) is 4.31. The van der Waals surface area contributed by atoms with Gasteiger partial charge in [-0.25, -0.2) is 0 Å². The Bertz CT molecular complexity index is 406. The highest BCUT2D eigenvalue weighted by molar-refractivity contribution is 7.63. The van der Waals surface area contributed by atoms with Crippen LogP contribution in [0.25, 0.3) is 0 Å². The fourth-order valence-corrected chi connectivity index (χ4v) is 2.46. The molecule has 0 aliphatic rings. The fraction of sp³-hybridized carbons (Fsp3) is 0.417. The predicted octanol–water partition coefficient (Wildman–Crippen LogP) is 2.46. The van der Waals surface area contributed by atoms with E-state index >= 15 is 0 Å². The summed E-state index contributed by atoms with van der Waals surface area (Å²) in [7, 11) is -0.384. The number of rotatable bonds is 5. The molecule has 0 atom stereocenters. The zero-order chi connectivity index (χ0) is 12.2. The van der Waals surface area contributed by atoms with Crippen molar-refractivity contribution < 1.29 is 9.36 Å². The molecule has 0 spiro atoms. The third-order valence-corrected chi connectivity index (χ3v) is 3.32. The summed E-state index contributed by atoms with van der Waals surface area (Å²) in [5.74, 6) is 0.0468. The molecule has 1 aromatic rings. The van der Waals surface area contributed by atoms with Crippen LogP contribution in [-0.4, -0.2) is 32.3 Å². The second-order valence-corrected chi connectivity index (χ2v) is 7.86. The van der Waals surface area contributed by atoms with Crippen molar-refractivity contribution >= 4 is 18.6 Å². The number of Topliss-reactive ketones (excluding diaryl/α,β-unsaturated/α-hetero) is 1. The number of hydrogen-bond donors (Lipinski definition) is 1. The summed E-state index contributed by atoms with van der Waals surface area (Å²) in [6, 6.07) is 7.69. The zero-order valence-electron chi connectivity index (χ0n) is 9.99. The molecule has 0 aliphatic carbocycles. The summed E-state index contributed by atoms with van der Waals surface area (Å²) in [5, 5.41) is 3.02.